The molecule has 1 heterocycles. The first-order chi connectivity index (χ1) is 14.0. The Morgan fingerprint density at radius 3 is 2.66 bits per heavy atom. The first kappa shape index (κ1) is 21.2. The number of halogens is 1. The molecular formula is C23H27ClN2O3. The van der Waals surface area contributed by atoms with Gasteiger partial charge in [-0.25, -0.2) is 0 Å². The molecule has 0 spiro atoms. The van der Waals surface area contributed by atoms with Crippen LogP contribution in [0.2, 0.25) is 5.02 Å². The fourth-order valence-electron chi connectivity index (χ4n) is 3.80. The Hall–Kier alpha value is -2.53. The number of carbonyl (C=O) groups excluding carboxylic acids is 2. The number of likely N-dealkylation sites (tertiary alicyclic amines) is 1. The van der Waals surface area contributed by atoms with Crippen LogP contribution in [0, 0.1) is 5.92 Å². The molecule has 0 aliphatic carbocycles. The lowest BCUT2D eigenvalue weighted by molar-refractivity contribution is -0.129. The summed E-state index contributed by atoms with van der Waals surface area (Å²) in [4.78, 5) is 27.6. The molecule has 154 valence electrons. The van der Waals surface area contributed by atoms with Crippen molar-refractivity contribution in [2.24, 2.45) is 5.92 Å². The number of nitrogens with one attached hydrogen (secondary N) is 1. The number of nitrogens with zero attached hydrogens (tertiary/aromatic N) is 1. The van der Waals surface area contributed by atoms with Gasteiger partial charge in [-0.3, -0.25) is 9.59 Å². The quantitative estimate of drug-likeness (QED) is 0.698. The summed E-state index contributed by atoms with van der Waals surface area (Å²) in [7, 11) is 1.62. The van der Waals surface area contributed by atoms with Crippen molar-refractivity contribution >= 4 is 23.4 Å². The molecule has 6 heteroatoms. The maximum atomic E-state index is 13.0. The van der Waals surface area contributed by atoms with Gasteiger partial charge in [0.05, 0.1) is 19.1 Å². The fourth-order valence-corrected chi connectivity index (χ4v) is 4.01. The molecule has 3 rings (SSSR count). The van der Waals surface area contributed by atoms with E-state index in [4.69, 9.17) is 16.3 Å². The van der Waals surface area contributed by atoms with Gasteiger partial charge in [-0.15, -0.1) is 0 Å². The van der Waals surface area contributed by atoms with Crippen LogP contribution in [0.25, 0.3) is 0 Å². The second-order valence-electron chi connectivity index (χ2n) is 7.32. The van der Waals surface area contributed by atoms with Crippen molar-refractivity contribution in [1.82, 2.24) is 10.2 Å². The smallest absolute Gasteiger partial charge is 0.226 e. The summed E-state index contributed by atoms with van der Waals surface area (Å²) in [5.74, 6) is 0.243. The van der Waals surface area contributed by atoms with E-state index in [-0.39, 0.29) is 24.3 Å². The number of methoxy groups -OCH3 is 1. The van der Waals surface area contributed by atoms with E-state index < -0.39 is 5.92 Å². The van der Waals surface area contributed by atoms with E-state index in [2.05, 4.69) is 12.2 Å². The van der Waals surface area contributed by atoms with Crippen LogP contribution < -0.4 is 10.1 Å². The summed E-state index contributed by atoms with van der Waals surface area (Å²) < 4.78 is 5.25. The van der Waals surface area contributed by atoms with E-state index in [1.165, 1.54) is 0 Å². The SMILES string of the molecule is CCCCN1C(=O)CC(C(=O)NCc2cccc(Cl)c2)C1c1ccc(OC)cc1. The van der Waals surface area contributed by atoms with Crippen molar-refractivity contribution in [2.45, 2.75) is 38.8 Å². The highest BCUT2D eigenvalue weighted by Crippen LogP contribution is 2.39. The predicted molar refractivity (Wildman–Crippen MR) is 114 cm³/mol. The molecule has 0 saturated carbocycles. The van der Waals surface area contributed by atoms with Gasteiger partial charge in [0.1, 0.15) is 5.75 Å². The maximum Gasteiger partial charge on any atom is 0.226 e. The Balaban J connectivity index is 1.79. The zero-order valence-corrected chi connectivity index (χ0v) is 17.6. The standard InChI is InChI=1S/C23H27ClN2O3/c1-3-4-12-26-21(27)14-20(22(26)17-8-10-19(29-2)11-9-17)23(28)25-15-16-6-5-7-18(24)13-16/h5-11,13,20,22H,3-4,12,14-15H2,1-2H3,(H,25,28). The molecule has 0 bridgehead atoms. The summed E-state index contributed by atoms with van der Waals surface area (Å²) in [5.41, 5.74) is 1.88. The molecule has 2 amide bonds. The number of unbranched alkanes of at least 4 members (excludes halogenated alkanes) is 1. The highest BCUT2D eigenvalue weighted by molar-refractivity contribution is 6.30. The number of ether oxygens (including phenoxy) is 1. The number of hydrogen-bond donors (Lipinski definition) is 1. The monoisotopic (exact) mass is 414 g/mol. The minimum atomic E-state index is -0.424. The van der Waals surface area contributed by atoms with Crippen molar-refractivity contribution in [3.05, 3.63) is 64.7 Å². The van der Waals surface area contributed by atoms with E-state index in [0.717, 1.165) is 29.7 Å². The largest absolute Gasteiger partial charge is 0.497 e. The van der Waals surface area contributed by atoms with Crippen LogP contribution in [0.15, 0.2) is 48.5 Å². The topological polar surface area (TPSA) is 58.6 Å². The van der Waals surface area contributed by atoms with Gasteiger partial charge >= 0.3 is 0 Å². The van der Waals surface area contributed by atoms with Crippen LogP contribution in [0.3, 0.4) is 0 Å². The summed E-state index contributed by atoms with van der Waals surface area (Å²) in [6, 6.07) is 14.8. The van der Waals surface area contributed by atoms with Gasteiger partial charge in [0.2, 0.25) is 11.8 Å². The van der Waals surface area contributed by atoms with Crippen LogP contribution in [0.5, 0.6) is 5.75 Å². The van der Waals surface area contributed by atoms with Crippen LogP contribution in [-0.4, -0.2) is 30.4 Å². The Morgan fingerprint density at radius 1 is 1.24 bits per heavy atom. The van der Waals surface area contributed by atoms with Crippen molar-refractivity contribution in [3.63, 3.8) is 0 Å². The predicted octanol–water partition coefficient (Wildman–Crippen LogP) is 4.35. The molecule has 0 radical (unpaired) electrons. The lowest BCUT2D eigenvalue weighted by Gasteiger charge is -2.28. The van der Waals surface area contributed by atoms with Gasteiger partial charge in [0.15, 0.2) is 0 Å². The highest BCUT2D eigenvalue weighted by Gasteiger charge is 2.44. The van der Waals surface area contributed by atoms with Gasteiger partial charge in [0.25, 0.3) is 0 Å². The van der Waals surface area contributed by atoms with Gasteiger partial charge in [-0.2, -0.15) is 0 Å². The Kier molecular flexibility index (Phi) is 7.15. The second-order valence-corrected chi connectivity index (χ2v) is 7.75. The molecule has 1 fully saturated rings. The molecule has 2 aromatic carbocycles. The Morgan fingerprint density at radius 2 is 2.00 bits per heavy atom. The van der Waals surface area contributed by atoms with E-state index in [1.54, 1.807) is 13.2 Å². The van der Waals surface area contributed by atoms with Gasteiger partial charge in [-0.05, 0) is 41.8 Å². The molecule has 29 heavy (non-hydrogen) atoms. The number of amides is 2. The number of rotatable bonds is 8. The van der Waals surface area contributed by atoms with Gasteiger partial charge in [0, 0.05) is 24.5 Å². The number of hydrogen-bond acceptors (Lipinski definition) is 3. The van der Waals surface area contributed by atoms with Gasteiger partial charge in [-0.1, -0.05) is 49.2 Å². The molecule has 5 nitrogen and oxygen atoms in total. The van der Waals surface area contributed by atoms with E-state index in [1.807, 2.05) is 47.4 Å². The van der Waals surface area contributed by atoms with Crippen molar-refractivity contribution in [3.8, 4) is 5.75 Å². The van der Waals surface area contributed by atoms with E-state index in [0.29, 0.717) is 18.1 Å². The average Bonchev–Trinajstić information content (AvgIpc) is 3.06. The third kappa shape index (κ3) is 5.10. The van der Waals surface area contributed by atoms with Crippen molar-refractivity contribution in [1.29, 1.82) is 0 Å². The molecule has 2 unspecified atom stereocenters. The zero-order valence-electron chi connectivity index (χ0n) is 16.9. The molecule has 1 aliphatic rings. The summed E-state index contributed by atoms with van der Waals surface area (Å²) in [5, 5.41) is 3.62. The first-order valence-electron chi connectivity index (χ1n) is 9.99. The molecule has 2 aromatic rings. The Labute approximate surface area is 177 Å². The molecule has 2 atom stereocenters. The molecule has 1 aliphatic heterocycles. The van der Waals surface area contributed by atoms with Crippen molar-refractivity contribution in [2.75, 3.05) is 13.7 Å². The molecule has 1 saturated heterocycles. The van der Waals surface area contributed by atoms with Crippen LogP contribution in [0.4, 0.5) is 0 Å². The second kappa shape index (κ2) is 9.79. The third-order valence-corrected chi connectivity index (χ3v) is 5.57. The summed E-state index contributed by atoms with van der Waals surface area (Å²) in [6.07, 6.45) is 2.13. The highest BCUT2D eigenvalue weighted by atomic mass is 35.5. The zero-order chi connectivity index (χ0) is 20.8. The minimum Gasteiger partial charge on any atom is -0.497 e. The molecule has 1 N–H and O–H groups in total. The molecule has 0 aromatic heterocycles. The maximum absolute atomic E-state index is 13.0. The normalized spacial score (nSPS) is 18.7. The average molecular weight is 415 g/mol. The van der Waals surface area contributed by atoms with Crippen molar-refractivity contribution < 1.29 is 14.3 Å². The lowest BCUT2D eigenvalue weighted by atomic mass is 9.92. The fraction of sp³-hybridized carbons (Fsp3) is 0.391. The lowest BCUT2D eigenvalue weighted by Crippen LogP contribution is -2.35. The molecular weight excluding hydrogens is 388 g/mol. The third-order valence-electron chi connectivity index (χ3n) is 5.33. The van der Waals surface area contributed by atoms with Gasteiger partial charge < -0.3 is 15.0 Å². The summed E-state index contributed by atoms with van der Waals surface area (Å²) >= 11 is 6.03. The number of benzene rings is 2. The van der Waals surface area contributed by atoms with E-state index >= 15 is 0 Å². The van der Waals surface area contributed by atoms with Crippen LogP contribution >= 0.6 is 11.6 Å². The first-order valence-corrected chi connectivity index (χ1v) is 10.4. The van der Waals surface area contributed by atoms with E-state index in [9.17, 15) is 9.59 Å². The summed E-state index contributed by atoms with van der Waals surface area (Å²) in [6.45, 7) is 3.14. The van der Waals surface area contributed by atoms with Crippen LogP contribution in [-0.2, 0) is 16.1 Å². The minimum absolute atomic E-state index is 0.0298. The Bertz CT molecular complexity index is 853. The number of carbonyl (C=O) groups is 2. The van der Waals surface area contributed by atoms with Crippen LogP contribution in [0.1, 0.15) is 43.4 Å².